The van der Waals surface area contributed by atoms with Gasteiger partial charge in [0.2, 0.25) is 0 Å². The van der Waals surface area contributed by atoms with Crippen LogP contribution in [0.25, 0.3) is 0 Å². The number of alkyl halides is 1. The summed E-state index contributed by atoms with van der Waals surface area (Å²) in [6, 6.07) is 2.09. The second-order valence-corrected chi connectivity index (χ2v) is 4.77. The zero-order valence-corrected chi connectivity index (χ0v) is 10.4. The van der Waals surface area contributed by atoms with Gasteiger partial charge in [-0.25, -0.2) is 4.98 Å². The van der Waals surface area contributed by atoms with Crippen LogP contribution < -0.4 is 0 Å². The fourth-order valence-electron chi connectivity index (χ4n) is 1.01. The van der Waals surface area contributed by atoms with Crippen LogP contribution in [0, 0.1) is 6.92 Å². The first kappa shape index (κ1) is 11.0. The molecule has 1 rings (SSSR count). The van der Waals surface area contributed by atoms with E-state index in [1.165, 1.54) is 5.56 Å². The quantitative estimate of drug-likeness (QED) is 0.585. The maximum Gasteiger partial charge on any atom is 0.131 e. The molecule has 1 nitrogen and oxygen atoms in total. The molecular formula is C10H13BrClN. The van der Waals surface area contributed by atoms with Gasteiger partial charge in [-0.1, -0.05) is 47.4 Å². The molecule has 1 heterocycles. The van der Waals surface area contributed by atoms with Gasteiger partial charge in [0, 0.05) is 16.9 Å². The lowest BCUT2D eigenvalue weighted by molar-refractivity contribution is 0.603. The average molecular weight is 263 g/mol. The molecule has 0 aliphatic carbocycles. The number of nitrogens with zero attached hydrogens (tertiary/aromatic N) is 1. The van der Waals surface area contributed by atoms with Crippen LogP contribution in [-0.4, -0.2) is 10.3 Å². The summed E-state index contributed by atoms with van der Waals surface area (Å²) in [5.41, 5.74) is 2.36. The molecule has 1 aromatic rings. The Balaban J connectivity index is 3.10. The molecule has 0 atom stereocenters. The predicted molar refractivity (Wildman–Crippen MR) is 60.8 cm³/mol. The molecule has 0 spiro atoms. The molecule has 72 valence electrons. The molecule has 13 heavy (non-hydrogen) atoms. The summed E-state index contributed by atoms with van der Waals surface area (Å²) in [6.07, 6.45) is 1.84. The highest BCUT2D eigenvalue weighted by molar-refractivity contribution is 9.09. The number of hydrogen-bond donors (Lipinski definition) is 0. The Labute approximate surface area is 92.6 Å². The molecule has 0 N–H and O–H groups in total. The second-order valence-electron chi connectivity index (χ2n) is 3.85. The van der Waals surface area contributed by atoms with Gasteiger partial charge in [0.05, 0.1) is 0 Å². The SMILES string of the molecule is Cc1cc(C(C)(C)CBr)cnc1Cl. The van der Waals surface area contributed by atoms with Crippen molar-refractivity contribution in [2.45, 2.75) is 26.2 Å². The van der Waals surface area contributed by atoms with Crippen LogP contribution >= 0.6 is 27.5 Å². The van der Waals surface area contributed by atoms with Crippen LogP contribution in [0.4, 0.5) is 0 Å². The highest BCUT2D eigenvalue weighted by Crippen LogP contribution is 2.26. The van der Waals surface area contributed by atoms with E-state index >= 15 is 0 Å². The lowest BCUT2D eigenvalue weighted by Gasteiger charge is -2.22. The van der Waals surface area contributed by atoms with Crippen molar-refractivity contribution in [1.82, 2.24) is 4.98 Å². The molecule has 0 aromatic carbocycles. The van der Waals surface area contributed by atoms with Gasteiger partial charge in [-0.05, 0) is 18.1 Å². The molecule has 0 fully saturated rings. The summed E-state index contributed by atoms with van der Waals surface area (Å²) >= 11 is 9.34. The fourth-order valence-corrected chi connectivity index (χ4v) is 1.43. The molecule has 0 saturated heterocycles. The molecule has 1 aromatic heterocycles. The van der Waals surface area contributed by atoms with E-state index < -0.39 is 0 Å². The second kappa shape index (κ2) is 3.97. The largest absolute Gasteiger partial charge is 0.244 e. The highest BCUT2D eigenvalue weighted by Gasteiger charge is 2.19. The molecule has 0 unspecified atom stereocenters. The Morgan fingerprint density at radius 1 is 1.54 bits per heavy atom. The fraction of sp³-hybridized carbons (Fsp3) is 0.500. The average Bonchev–Trinajstić information content (AvgIpc) is 2.09. The van der Waals surface area contributed by atoms with Gasteiger partial charge in [-0.3, -0.25) is 0 Å². The molecule has 0 aliphatic heterocycles. The zero-order valence-electron chi connectivity index (χ0n) is 8.06. The molecular weight excluding hydrogens is 249 g/mol. The minimum absolute atomic E-state index is 0.113. The Kier molecular flexibility index (Phi) is 3.36. The third-order valence-corrected chi connectivity index (χ3v) is 3.93. The van der Waals surface area contributed by atoms with Gasteiger partial charge in [0.15, 0.2) is 0 Å². The molecule has 0 radical (unpaired) electrons. The number of hydrogen-bond acceptors (Lipinski definition) is 1. The third-order valence-electron chi connectivity index (χ3n) is 2.13. The van der Waals surface area contributed by atoms with E-state index in [-0.39, 0.29) is 5.41 Å². The summed E-state index contributed by atoms with van der Waals surface area (Å²) in [6.45, 7) is 6.32. The van der Waals surface area contributed by atoms with Crippen molar-refractivity contribution in [3.05, 3.63) is 28.5 Å². The molecule has 0 bridgehead atoms. The van der Waals surface area contributed by atoms with Crippen LogP contribution in [0.1, 0.15) is 25.0 Å². The van der Waals surface area contributed by atoms with Crippen molar-refractivity contribution in [2.75, 3.05) is 5.33 Å². The summed E-state index contributed by atoms with van der Waals surface area (Å²) in [4.78, 5) is 4.14. The maximum atomic E-state index is 5.85. The van der Waals surface area contributed by atoms with Crippen LogP contribution in [0.15, 0.2) is 12.3 Å². The first-order valence-corrected chi connectivity index (χ1v) is 5.66. The van der Waals surface area contributed by atoms with E-state index in [4.69, 9.17) is 11.6 Å². The number of aryl methyl sites for hydroxylation is 1. The van der Waals surface area contributed by atoms with Crippen LogP contribution in [0.2, 0.25) is 5.15 Å². The van der Waals surface area contributed by atoms with E-state index in [0.29, 0.717) is 5.15 Å². The molecule has 0 saturated carbocycles. The van der Waals surface area contributed by atoms with E-state index in [0.717, 1.165) is 10.9 Å². The van der Waals surface area contributed by atoms with E-state index in [1.54, 1.807) is 0 Å². The third kappa shape index (κ3) is 2.44. The van der Waals surface area contributed by atoms with Crippen LogP contribution in [0.5, 0.6) is 0 Å². The summed E-state index contributed by atoms with van der Waals surface area (Å²) in [7, 11) is 0. The minimum Gasteiger partial charge on any atom is -0.244 e. The van der Waals surface area contributed by atoms with Gasteiger partial charge in [-0.2, -0.15) is 0 Å². The lowest BCUT2D eigenvalue weighted by Crippen LogP contribution is -2.19. The summed E-state index contributed by atoms with van der Waals surface area (Å²) in [5, 5.41) is 1.51. The summed E-state index contributed by atoms with van der Waals surface area (Å²) in [5.74, 6) is 0. The number of aromatic nitrogens is 1. The van der Waals surface area contributed by atoms with Crippen molar-refractivity contribution >= 4 is 27.5 Å². The van der Waals surface area contributed by atoms with Crippen LogP contribution in [0.3, 0.4) is 0 Å². The summed E-state index contributed by atoms with van der Waals surface area (Å²) < 4.78 is 0. The van der Waals surface area contributed by atoms with Gasteiger partial charge in [-0.15, -0.1) is 0 Å². The maximum absolute atomic E-state index is 5.85. The first-order valence-electron chi connectivity index (χ1n) is 4.16. The van der Waals surface area contributed by atoms with Gasteiger partial charge in [0.1, 0.15) is 5.15 Å². The highest BCUT2D eigenvalue weighted by atomic mass is 79.9. The molecule has 0 aliphatic rings. The van der Waals surface area contributed by atoms with Crippen molar-refractivity contribution in [3.63, 3.8) is 0 Å². The molecule has 3 heteroatoms. The van der Waals surface area contributed by atoms with Gasteiger partial charge in [0.25, 0.3) is 0 Å². The Morgan fingerprint density at radius 2 is 2.15 bits per heavy atom. The monoisotopic (exact) mass is 261 g/mol. The normalized spacial score (nSPS) is 11.8. The van der Waals surface area contributed by atoms with Crippen molar-refractivity contribution < 1.29 is 0 Å². The number of rotatable bonds is 2. The topological polar surface area (TPSA) is 12.9 Å². The van der Waals surface area contributed by atoms with E-state index in [1.807, 2.05) is 13.1 Å². The zero-order chi connectivity index (χ0) is 10.1. The van der Waals surface area contributed by atoms with E-state index in [2.05, 4.69) is 40.8 Å². The lowest BCUT2D eigenvalue weighted by atomic mass is 9.88. The van der Waals surface area contributed by atoms with E-state index in [9.17, 15) is 0 Å². The smallest absolute Gasteiger partial charge is 0.131 e. The standard InChI is InChI=1S/C10H13BrClN/c1-7-4-8(5-13-9(7)12)10(2,3)6-11/h4-5H,6H2,1-3H3. The number of pyridine rings is 1. The van der Waals surface area contributed by atoms with Crippen molar-refractivity contribution in [2.24, 2.45) is 0 Å². The Bertz CT molecular complexity index is 310. The molecule has 0 amide bonds. The van der Waals surface area contributed by atoms with Crippen molar-refractivity contribution in [3.8, 4) is 0 Å². The Morgan fingerprint density at radius 3 is 2.62 bits per heavy atom. The van der Waals surface area contributed by atoms with Gasteiger partial charge >= 0.3 is 0 Å². The minimum atomic E-state index is 0.113. The van der Waals surface area contributed by atoms with Crippen LogP contribution in [-0.2, 0) is 5.41 Å². The van der Waals surface area contributed by atoms with Gasteiger partial charge < -0.3 is 0 Å². The Hall–Kier alpha value is -0.0800. The predicted octanol–water partition coefficient (Wildman–Crippen LogP) is 3.72. The van der Waals surface area contributed by atoms with Crippen molar-refractivity contribution in [1.29, 1.82) is 0 Å². The number of halogens is 2. The first-order chi connectivity index (χ1) is 5.97.